The highest BCUT2D eigenvalue weighted by Gasteiger charge is 2.12. The molecule has 1 atom stereocenters. The fourth-order valence-electron chi connectivity index (χ4n) is 2.18. The van der Waals surface area contributed by atoms with E-state index >= 15 is 0 Å². The number of unbranched alkanes of at least 4 members (excludes halogenated alkanes) is 1. The summed E-state index contributed by atoms with van der Waals surface area (Å²) in [5, 5.41) is 13.6. The van der Waals surface area contributed by atoms with E-state index in [2.05, 4.69) is 5.32 Å². The van der Waals surface area contributed by atoms with Crippen LogP contribution < -0.4 is 15.8 Å². The number of hydrogen-bond donors (Lipinski definition) is 2. The molecule has 166 valence electrons. The van der Waals surface area contributed by atoms with E-state index in [9.17, 15) is 9.59 Å². The van der Waals surface area contributed by atoms with Crippen molar-refractivity contribution >= 4 is 24.0 Å². The second-order valence-electron chi connectivity index (χ2n) is 5.93. The van der Waals surface area contributed by atoms with Gasteiger partial charge in [0.25, 0.3) is 5.91 Å². The summed E-state index contributed by atoms with van der Waals surface area (Å²) in [6.45, 7) is 2.98. The first-order chi connectivity index (χ1) is 14.7. The number of rotatable bonds is 18. The standard InChI is InChI=1S/C20H29N3O6S/c21-6-7-23-20(25)17-4-3-5-18(14-17)29-15-19(30-16-22)28-13-12-27-11-10-26-9-2-1-8-24/h3-5,8,14,19H,1-2,6-7,9-13,15,21H2,(H,23,25). The zero-order valence-corrected chi connectivity index (χ0v) is 17.7. The van der Waals surface area contributed by atoms with Gasteiger partial charge >= 0.3 is 0 Å². The minimum absolute atomic E-state index is 0.145. The fourth-order valence-corrected chi connectivity index (χ4v) is 2.60. The summed E-state index contributed by atoms with van der Waals surface area (Å²) in [4.78, 5) is 22.2. The van der Waals surface area contributed by atoms with Crippen molar-refractivity contribution in [1.82, 2.24) is 5.32 Å². The number of thiocyanates is 1. The Kier molecular flexibility index (Phi) is 15.2. The van der Waals surface area contributed by atoms with E-state index < -0.39 is 5.44 Å². The second-order valence-corrected chi connectivity index (χ2v) is 6.87. The van der Waals surface area contributed by atoms with Gasteiger partial charge in [0.15, 0.2) is 5.44 Å². The molecule has 10 heteroatoms. The summed E-state index contributed by atoms with van der Waals surface area (Å²) in [6.07, 6.45) is 2.08. The van der Waals surface area contributed by atoms with Crippen molar-refractivity contribution in [2.45, 2.75) is 18.3 Å². The van der Waals surface area contributed by atoms with Crippen LogP contribution in [0.1, 0.15) is 23.2 Å². The van der Waals surface area contributed by atoms with Gasteiger partial charge in [-0.3, -0.25) is 4.79 Å². The van der Waals surface area contributed by atoms with E-state index in [1.807, 2.05) is 5.40 Å². The monoisotopic (exact) mass is 439 g/mol. The Balaban J connectivity index is 2.26. The first-order valence-corrected chi connectivity index (χ1v) is 10.6. The third kappa shape index (κ3) is 12.4. The molecule has 9 nitrogen and oxygen atoms in total. The van der Waals surface area contributed by atoms with Crippen LogP contribution in [0.2, 0.25) is 0 Å². The lowest BCUT2D eigenvalue weighted by atomic mass is 10.2. The van der Waals surface area contributed by atoms with Crippen LogP contribution in [0.5, 0.6) is 5.75 Å². The number of thioether (sulfide) groups is 1. The van der Waals surface area contributed by atoms with Gasteiger partial charge in [-0.25, -0.2) is 0 Å². The third-order valence-electron chi connectivity index (χ3n) is 3.61. The zero-order chi connectivity index (χ0) is 21.9. The maximum Gasteiger partial charge on any atom is 0.251 e. The van der Waals surface area contributed by atoms with E-state index in [1.54, 1.807) is 24.3 Å². The number of nitrogens with two attached hydrogens (primary N) is 1. The predicted molar refractivity (Wildman–Crippen MR) is 113 cm³/mol. The maximum absolute atomic E-state index is 12.0. The number of carbonyl (C=O) groups is 2. The van der Waals surface area contributed by atoms with Crippen LogP contribution in [-0.2, 0) is 19.0 Å². The smallest absolute Gasteiger partial charge is 0.251 e. The summed E-state index contributed by atoms with van der Waals surface area (Å²) < 4.78 is 22.0. The van der Waals surface area contributed by atoms with Crippen LogP contribution in [0.3, 0.4) is 0 Å². The Labute approximate surface area is 181 Å². The molecule has 0 saturated carbocycles. The highest BCUT2D eigenvalue weighted by atomic mass is 32.2. The normalized spacial score (nSPS) is 11.5. The van der Waals surface area contributed by atoms with Gasteiger partial charge in [-0.2, -0.15) is 5.26 Å². The van der Waals surface area contributed by atoms with Crippen molar-refractivity contribution in [1.29, 1.82) is 5.26 Å². The molecular formula is C20H29N3O6S. The van der Waals surface area contributed by atoms with Gasteiger partial charge in [0.1, 0.15) is 24.0 Å². The molecule has 3 N–H and O–H groups in total. The third-order valence-corrected chi connectivity index (χ3v) is 4.25. The molecule has 0 aromatic heterocycles. The molecule has 0 aliphatic carbocycles. The van der Waals surface area contributed by atoms with Gasteiger partial charge in [-0.05, 0) is 36.4 Å². The van der Waals surface area contributed by atoms with Gasteiger partial charge in [-0.15, -0.1) is 0 Å². The van der Waals surface area contributed by atoms with Crippen LogP contribution in [-0.4, -0.2) is 70.4 Å². The molecule has 1 amide bonds. The molecule has 0 radical (unpaired) electrons. The van der Waals surface area contributed by atoms with Crippen molar-refractivity contribution in [3.05, 3.63) is 29.8 Å². The molecule has 1 aromatic carbocycles. The van der Waals surface area contributed by atoms with Gasteiger partial charge in [-0.1, -0.05) is 6.07 Å². The van der Waals surface area contributed by atoms with Gasteiger partial charge in [0.2, 0.25) is 0 Å². The summed E-state index contributed by atoms with van der Waals surface area (Å²) in [5.74, 6) is 0.278. The van der Waals surface area contributed by atoms with Gasteiger partial charge in [0, 0.05) is 31.7 Å². The van der Waals surface area contributed by atoms with E-state index in [-0.39, 0.29) is 12.5 Å². The lowest BCUT2D eigenvalue weighted by molar-refractivity contribution is -0.108. The molecule has 1 aromatic rings. The van der Waals surface area contributed by atoms with E-state index in [4.69, 9.17) is 29.9 Å². The van der Waals surface area contributed by atoms with E-state index in [0.29, 0.717) is 70.3 Å². The SMILES string of the molecule is N#CSC(COc1cccc(C(=O)NCCN)c1)OCCOCCOCCCC=O. The summed E-state index contributed by atoms with van der Waals surface area (Å²) in [6, 6.07) is 6.75. The van der Waals surface area contributed by atoms with Crippen LogP contribution in [0.4, 0.5) is 0 Å². The average Bonchev–Trinajstić information content (AvgIpc) is 2.77. The minimum Gasteiger partial charge on any atom is -0.490 e. The number of amides is 1. The van der Waals surface area contributed by atoms with Crippen molar-refractivity contribution in [3.63, 3.8) is 0 Å². The number of ether oxygens (including phenoxy) is 4. The lowest BCUT2D eigenvalue weighted by Crippen LogP contribution is -2.29. The Morgan fingerprint density at radius 1 is 1.23 bits per heavy atom. The summed E-state index contributed by atoms with van der Waals surface area (Å²) in [7, 11) is 0. The van der Waals surface area contributed by atoms with Crippen molar-refractivity contribution < 1.29 is 28.5 Å². The van der Waals surface area contributed by atoms with Gasteiger partial charge < -0.3 is 34.8 Å². The average molecular weight is 440 g/mol. The number of nitriles is 1. The van der Waals surface area contributed by atoms with Crippen molar-refractivity contribution in [2.24, 2.45) is 5.73 Å². The number of nitrogens with one attached hydrogen (secondary N) is 1. The fraction of sp³-hybridized carbons (Fsp3) is 0.550. The number of aldehydes is 1. The zero-order valence-electron chi connectivity index (χ0n) is 16.9. The van der Waals surface area contributed by atoms with Crippen LogP contribution in [0.25, 0.3) is 0 Å². The molecule has 0 fully saturated rings. The molecular weight excluding hydrogens is 410 g/mol. The quantitative estimate of drug-likeness (QED) is 0.150. The molecule has 1 rings (SSSR count). The molecule has 0 bridgehead atoms. The van der Waals surface area contributed by atoms with Crippen LogP contribution in [0.15, 0.2) is 24.3 Å². The molecule has 1 unspecified atom stereocenters. The van der Waals surface area contributed by atoms with Crippen molar-refractivity contribution in [2.75, 3.05) is 52.7 Å². The summed E-state index contributed by atoms with van der Waals surface area (Å²) in [5.41, 5.74) is 5.36. The van der Waals surface area contributed by atoms with E-state index in [0.717, 1.165) is 18.0 Å². The molecule has 0 heterocycles. The molecule has 0 saturated heterocycles. The highest BCUT2D eigenvalue weighted by molar-refractivity contribution is 8.04. The Hall–Kier alpha value is -2.16. The second kappa shape index (κ2) is 17.7. The van der Waals surface area contributed by atoms with Gasteiger partial charge in [0.05, 0.1) is 26.4 Å². The number of nitrogens with zero attached hydrogens (tertiary/aromatic N) is 1. The number of carbonyl (C=O) groups excluding carboxylic acids is 2. The maximum atomic E-state index is 12.0. The van der Waals surface area contributed by atoms with Crippen LogP contribution >= 0.6 is 11.8 Å². The Morgan fingerprint density at radius 2 is 2.00 bits per heavy atom. The summed E-state index contributed by atoms with van der Waals surface area (Å²) >= 11 is 0.953. The first kappa shape index (κ1) is 25.9. The van der Waals surface area contributed by atoms with E-state index in [1.165, 1.54) is 0 Å². The molecule has 30 heavy (non-hydrogen) atoms. The van der Waals surface area contributed by atoms with Crippen molar-refractivity contribution in [3.8, 4) is 11.2 Å². The highest BCUT2D eigenvalue weighted by Crippen LogP contribution is 2.17. The Bertz CT molecular complexity index is 656. The lowest BCUT2D eigenvalue weighted by Gasteiger charge is -2.16. The minimum atomic E-state index is -0.493. The number of hydrogen-bond acceptors (Lipinski definition) is 9. The van der Waals surface area contributed by atoms with Crippen LogP contribution in [0, 0.1) is 10.7 Å². The first-order valence-electron chi connectivity index (χ1n) is 9.67. The predicted octanol–water partition coefficient (Wildman–Crippen LogP) is 1.32. The Morgan fingerprint density at radius 3 is 2.73 bits per heavy atom. The topological polar surface area (TPSA) is 133 Å². The molecule has 0 aliphatic rings. The number of benzene rings is 1. The molecule has 0 spiro atoms. The largest absolute Gasteiger partial charge is 0.490 e. The molecule has 0 aliphatic heterocycles.